The molecular weight excluding hydrogens is 208 g/mol. The van der Waals surface area contributed by atoms with E-state index in [1.165, 1.54) is 0 Å². The van der Waals surface area contributed by atoms with Crippen LogP contribution in [-0.4, -0.2) is 23.3 Å². The van der Waals surface area contributed by atoms with Crippen LogP contribution in [0.2, 0.25) is 0 Å². The minimum absolute atomic E-state index is 0.110. The molecule has 3 N–H and O–H groups in total. The average Bonchev–Trinajstić information content (AvgIpc) is 2.73. The summed E-state index contributed by atoms with van der Waals surface area (Å²) in [6.45, 7) is 0. The molecule has 0 aromatic heterocycles. The van der Waals surface area contributed by atoms with Gasteiger partial charge in [0, 0.05) is 5.92 Å². The first-order valence-electron chi connectivity index (χ1n) is 5.25. The minimum Gasteiger partial charge on any atom is -0.480 e. The lowest BCUT2D eigenvalue weighted by atomic mass is 9.93. The van der Waals surface area contributed by atoms with Crippen molar-refractivity contribution in [3.05, 3.63) is 29.8 Å². The Morgan fingerprint density at radius 3 is 3.06 bits per heavy atom. The molecule has 1 aromatic rings. The Balaban J connectivity index is 1.93. The molecule has 3 atom stereocenters. The van der Waals surface area contributed by atoms with Crippen LogP contribution in [0.5, 0.6) is 0 Å². The molecule has 2 heterocycles. The van der Waals surface area contributed by atoms with E-state index in [0.717, 1.165) is 11.3 Å². The maximum Gasteiger partial charge on any atom is 0.320 e. The summed E-state index contributed by atoms with van der Waals surface area (Å²) in [5.74, 6) is -0.714. The summed E-state index contributed by atoms with van der Waals surface area (Å²) in [7, 11) is 0. The lowest BCUT2D eigenvalue weighted by Gasteiger charge is -2.28. The van der Waals surface area contributed by atoms with Crippen molar-refractivity contribution in [2.45, 2.75) is 24.6 Å². The van der Waals surface area contributed by atoms with Crippen LogP contribution >= 0.6 is 0 Å². The van der Waals surface area contributed by atoms with E-state index >= 15 is 0 Å². The van der Waals surface area contributed by atoms with Crippen molar-refractivity contribution in [2.75, 3.05) is 5.48 Å². The smallest absolute Gasteiger partial charge is 0.320 e. The topological polar surface area (TPSA) is 70.6 Å². The number of anilines is 1. The quantitative estimate of drug-likeness (QED) is 0.656. The minimum atomic E-state index is -0.824. The van der Waals surface area contributed by atoms with Crippen molar-refractivity contribution < 1.29 is 14.7 Å². The van der Waals surface area contributed by atoms with E-state index < -0.39 is 12.0 Å². The standard InChI is InChI=1S/C11H12N2O3/c14-11(15)9-5-7-6-3-1-2-4-8(6)13-16-10(7)12-9/h1-4,7,9-10,12-13H,5H2,(H,14,15). The Hall–Kier alpha value is -1.59. The zero-order valence-corrected chi connectivity index (χ0v) is 8.51. The van der Waals surface area contributed by atoms with Crippen molar-refractivity contribution in [1.29, 1.82) is 0 Å². The van der Waals surface area contributed by atoms with Gasteiger partial charge in [-0.2, -0.15) is 0 Å². The molecule has 0 spiro atoms. The van der Waals surface area contributed by atoms with Gasteiger partial charge in [-0.15, -0.1) is 0 Å². The van der Waals surface area contributed by atoms with Gasteiger partial charge in [-0.25, -0.2) is 0 Å². The predicted octanol–water partition coefficient (Wildman–Crippen LogP) is 0.900. The maximum absolute atomic E-state index is 10.9. The zero-order valence-electron chi connectivity index (χ0n) is 8.51. The highest BCUT2D eigenvalue weighted by Gasteiger charge is 2.42. The molecule has 0 aliphatic carbocycles. The van der Waals surface area contributed by atoms with Gasteiger partial charge in [0.1, 0.15) is 12.3 Å². The summed E-state index contributed by atoms with van der Waals surface area (Å²) < 4.78 is 0. The van der Waals surface area contributed by atoms with Gasteiger partial charge in [-0.3, -0.25) is 20.4 Å². The van der Waals surface area contributed by atoms with Crippen LogP contribution in [0.3, 0.4) is 0 Å². The van der Waals surface area contributed by atoms with Crippen molar-refractivity contribution in [3.8, 4) is 0 Å². The predicted molar refractivity (Wildman–Crippen MR) is 56.9 cm³/mol. The van der Waals surface area contributed by atoms with Gasteiger partial charge < -0.3 is 5.11 Å². The van der Waals surface area contributed by atoms with Crippen LogP contribution in [0, 0.1) is 0 Å². The Labute approximate surface area is 92.4 Å². The number of carboxylic acid groups (broad SMARTS) is 1. The molecular formula is C11H12N2O3. The van der Waals surface area contributed by atoms with Crippen molar-refractivity contribution in [3.63, 3.8) is 0 Å². The number of para-hydroxylation sites is 1. The molecule has 0 bridgehead atoms. The van der Waals surface area contributed by atoms with Crippen molar-refractivity contribution in [1.82, 2.24) is 5.32 Å². The number of rotatable bonds is 1. The van der Waals surface area contributed by atoms with Crippen LogP contribution in [0.25, 0.3) is 0 Å². The van der Waals surface area contributed by atoms with Gasteiger partial charge in [-0.05, 0) is 18.1 Å². The van der Waals surface area contributed by atoms with Gasteiger partial charge in [0.2, 0.25) is 0 Å². The second-order valence-corrected chi connectivity index (χ2v) is 4.13. The molecule has 1 saturated heterocycles. The van der Waals surface area contributed by atoms with E-state index in [0.29, 0.717) is 6.42 Å². The first kappa shape index (κ1) is 9.62. The van der Waals surface area contributed by atoms with Crippen LogP contribution in [0.4, 0.5) is 5.69 Å². The van der Waals surface area contributed by atoms with Crippen LogP contribution < -0.4 is 10.8 Å². The molecule has 3 rings (SSSR count). The molecule has 1 aromatic carbocycles. The monoisotopic (exact) mass is 220 g/mol. The van der Waals surface area contributed by atoms with Gasteiger partial charge >= 0.3 is 5.97 Å². The second kappa shape index (κ2) is 3.47. The number of fused-ring (bicyclic) bond motifs is 3. The molecule has 0 saturated carbocycles. The Kier molecular flexibility index (Phi) is 2.08. The second-order valence-electron chi connectivity index (χ2n) is 4.13. The third kappa shape index (κ3) is 1.36. The number of aliphatic carboxylic acids is 1. The van der Waals surface area contributed by atoms with Gasteiger partial charge in [0.25, 0.3) is 0 Å². The molecule has 16 heavy (non-hydrogen) atoms. The largest absolute Gasteiger partial charge is 0.480 e. The summed E-state index contributed by atoms with van der Waals surface area (Å²) in [6, 6.07) is 7.29. The maximum atomic E-state index is 10.9. The Morgan fingerprint density at radius 2 is 2.25 bits per heavy atom. The first-order chi connectivity index (χ1) is 7.75. The fourth-order valence-electron chi connectivity index (χ4n) is 2.38. The molecule has 84 valence electrons. The van der Waals surface area contributed by atoms with E-state index in [4.69, 9.17) is 9.94 Å². The Morgan fingerprint density at radius 1 is 1.44 bits per heavy atom. The summed E-state index contributed by atoms with van der Waals surface area (Å²) in [6.07, 6.45) is 0.314. The van der Waals surface area contributed by atoms with E-state index in [-0.39, 0.29) is 12.1 Å². The van der Waals surface area contributed by atoms with Gasteiger partial charge in [0.05, 0.1) is 5.69 Å². The fraction of sp³-hybridized carbons (Fsp3) is 0.364. The molecule has 5 heteroatoms. The van der Waals surface area contributed by atoms with Crippen molar-refractivity contribution in [2.24, 2.45) is 0 Å². The van der Waals surface area contributed by atoms with Gasteiger partial charge in [0.15, 0.2) is 0 Å². The molecule has 1 fully saturated rings. The average molecular weight is 220 g/mol. The molecule has 3 unspecified atom stereocenters. The molecule has 2 aliphatic rings. The highest BCUT2D eigenvalue weighted by atomic mass is 16.7. The third-order valence-electron chi connectivity index (χ3n) is 3.17. The van der Waals surface area contributed by atoms with Crippen molar-refractivity contribution >= 4 is 11.7 Å². The van der Waals surface area contributed by atoms with Gasteiger partial charge in [-0.1, -0.05) is 18.2 Å². The lowest BCUT2D eigenvalue weighted by Crippen LogP contribution is -2.40. The number of hydrogen-bond acceptors (Lipinski definition) is 4. The number of carboxylic acids is 1. The molecule has 0 amide bonds. The lowest BCUT2D eigenvalue weighted by molar-refractivity contribution is -0.139. The summed E-state index contributed by atoms with van der Waals surface area (Å²) in [4.78, 5) is 16.3. The van der Waals surface area contributed by atoms with E-state index in [2.05, 4.69) is 10.8 Å². The number of hydrogen-bond donors (Lipinski definition) is 3. The number of carbonyl (C=O) groups is 1. The number of nitrogens with one attached hydrogen (secondary N) is 2. The first-order valence-corrected chi connectivity index (χ1v) is 5.25. The summed E-state index contributed by atoms with van der Waals surface area (Å²) in [5.41, 5.74) is 4.89. The fourth-order valence-corrected chi connectivity index (χ4v) is 2.38. The highest BCUT2D eigenvalue weighted by Crippen LogP contribution is 2.38. The molecule has 2 aliphatic heterocycles. The normalized spacial score (nSPS) is 31.4. The van der Waals surface area contributed by atoms with E-state index in [1.807, 2.05) is 24.3 Å². The van der Waals surface area contributed by atoms with E-state index in [1.54, 1.807) is 0 Å². The van der Waals surface area contributed by atoms with Crippen LogP contribution in [0.1, 0.15) is 17.9 Å². The Bertz CT molecular complexity index is 435. The molecule has 0 radical (unpaired) electrons. The highest BCUT2D eigenvalue weighted by molar-refractivity contribution is 5.74. The number of benzene rings is 1. The van der Waals surface area contributed by atoms with Crippen LogP contribution in [-0.2, 0) is 9.63 Å². The third-order valence-corrected chi connectivity index (χ3v) is 3.17. The summed E-state index contributed by atoms with van der Waals surface area (Å²) >= 11 is 0. The SMILES string of the molecule is O=C(O)C1CC2c3ccccc3NOC2N1. The van der Waals surface area contributed by atoms with E-state index in [9.17, 15) is 4.79 Å². The zero-order chi connectivity index (χ0) is 11.1. The van der Waals surface area contributed by atoms with Crippen LogP contribution in [0.15, 0.2) is 24.3 Å². The summed E-state index contributed by atoms with van der Waals surface area (Å²) in [5, 5.41) is 11.9. The molecule has 5 nitrogen and oxygen atoms in total.